The van der Waals surface area contributed by atoms with Crippen LogP contribution in [0.5, 0.6) is 5.75 Å². The summed E-state index contributed by atoms with van der Waals surface area (Å²) in [7, 11) is 6.91. The molecule has 2 saturated heterocycles. The molecule has 13 rings (SSSR count). The zero-order valence-electron chi connectivity index (χ0n) is 59.3. The molecule has 0 radical (unpaired) electrons. The topological polar surface area (TPSA) is 463 Å². The van der Waals surface area contributed by atoms with Crippen LogP contribution in [0.15, 0.2) is 56.9 Å². The fourth-order valence-electron chi connectivity index (χ4n) is 13.5. The lowest BCUT2D eigenvalue weighted by Crippen LogP contribution is -2.62. The van der Waals surface area contributed by atoms with Crippen molar-refractivity contribution in [3.05, 3.63) is 112 Å². The smallest absolute Gasteiger partial charge is 0.358 e. The Kier molecular flexibility index (Phi) is 22.8. The Morgan fingerprint density at radius 3 is 2.24 bits per heavy atom. The molecule has 0 aliphatic carbocycles. The third-order valence-corrected chi connectivity index (χ3v) is 23.4. The first-order valence-electron chi connectivity index (χ1n) is 34.0. The van der Waals surface area contributed by atoms with E-state index in [1.165, 1.54) is 60.0 Å². The molecule has 0 spiro atoms. The van der Waals surface area contributed by atoms with Gasteiger partial charge in [-0.05, 0) is 66.5 Å². The van der Waals surface area contributed by atoms with Gasteiger partial charge < -0.3 is 96.4 Å². The highest BCUT2D eigenvalue weighted by molar-refractivity contribution is 7.14. The second-order valence-electron chi connectivity index (χ2n) is 26.8. The number of benzene rings is 1. The second kappa shape index (κ2) is 32.0. The van der Waals surface area contributed by atoms with Crippen molar-refractivity contribution < 1.29 is 87.3 Å². The standard InChI is InChI=1S/C68H77N17O18S5/c1-29(86)46-60(93)80-47(30(2)98-8)63-75-41(28-106-63)59(92)81-50-52-53(103-44-19-68(4,96)54(82(5)6)31(3)102-44)67(95)100-21-32-10-9-11-42-45(32)34(22-99-52)51(85(42)97)66(94)101-23-36(72-57(90)39-27-108-65(50)77-39)62-73-37(24-105-62)48-33(61-74-40(25-104-61)58(91)79-46)18-43(87)49(78-48)64-76-38(26-107-64)56(89)71-35(55(69)88)20-70-12-13-84-16-14-83(7)15-17-84/h9-11,18,24-29,31,35-36,44,46,50,52-54,70,86-87,96-97H,12-17,19-23H2,1-8H3,(H2,69,88)(H,71,89)(H,72,90)(H,79,91)(H,80,93)(H,81,92)/b47-30+/t29-,31+,35?,36+,44+,46+,50+,52+,53+,54-,68+/m1/s1. The molecule has 12 N–H and O–H groups in total. The summed E-state index contributed by atoms with van der Waals surface area (Å²) in [4.78, 5) is 151. The van der Waals surface area contributed by atoms with Crippen LogP contribution in [0.2, 0.25) is 0 Å². The normalized spacial score (nSPS) is 24.5. The van der Waals surface area contributed by atoms with Gasteiger partial charge in [-0.1, -0.05) is 12.1 Å². The number of aliphatic hydroxyl groups is 2. The molecule has 12 heterocycles. The number of aromatic nitrogens is 7. The number of fused-ring (bicyclic) bond motifs is 15. The molecule has 11 atom stereocenters. The number of esters is 2. The average Bonchev–Trinajstić information content (AvgIpc) is 1.59. The van der Waals surface area contributed by atoms with E-state index in [0.717, 1.165) is 82.9 Å². The number of aromatic hydroxyl groups is 1. The van der Waals surface area contributed by atoms with Crippen LogP contribution in [-0.2, 0) is 56.0 Å². The summed E-state index contributed by atoms with van der Waals surface area (Å²) in [5.74, 6) is -7.93. The molecule has 572 valence electrons. The number of pyridine rings is 1. The summed E-state index contributed by atoms with van der Waals surface area (Å²) >= 11 is 4.54. The summed E-state index contributed by atoms with van der Waals surface area (Å²) < 4.78 is 38.4. The zero-order valence-corrected chi connectivity index (χ0v) is 63.4. The molecule has 0 saturated carbocycles. The van der Waals surface area contributed by atoms with E-state index in [4.69, 9.17) is 49.1 Å². The molecule has 5 aliphatic rings. The van der Waals surface area contributed by atoms with Crippen LogP contribution in [0.1, 0.15) is 125 Å². The van der Waals surface area contributed by atoms with Crippen LogP contribution in [0.3, 0.4) is 0 Å². The number of carbonyl (C=O) groups is 8. The maximum atomic E-state index is 15.2. The Hall–Kier alpha value is -9.40. The van der Waals surface area contributed by atoms with E-state index < -0.39 is 145 Å². The number of hydrogen-bond donors (Lipinski definition) is 11. The summed E-state index contributed by atoms with van der Waals surface area (Å²) in [6.45, 7) is 9.14. The number of methoxy groups -OCH3 is 1. The highest BCUT2D eigenvalue weighted by atomic mass is 32.1. The minimum atomic E-state index is -1.92. The van der Waals surface area contributed by atoms with E-state index in [1.54, 1.807) is 45.0 Å². The van der Waals surface area contributed by atoms with Crippen molar-refractivity contribution in [2.75, 3.05) is 80.7 Å². The second-order valence-corrected chi connectivity index (χ2v) is 31.2. The number of cyclic esters (lactones) is 2. The number of nitrogens with one attached hydrogen (secondary N) is 6. The van der Waals surface area contributed by atoms with Crippen molar-refractivity contribution in [1.29, 1.82) is 0 Å². The monoisotopic (exact) mass is 1580 g/mol. The van der Waals surface area contributed by atoms with Gasteiger partial charge in [0.25, 0.3) is 23.6 Å². The van der Waals surface area contributed by atoms with Gasteiger partial charge in [-0.3, -0.25) is 33.7 Å². The number of thiazole rings is 5. The first-order valence-corrected chi connectivity index (χ1v) is 38.4. The van der Waals surface area contributed by atoms with Gasteiger partial charge in [-0.25, -0.2) is 39.5 Å². The Labute approximate surface area is 635 Å². The van der Waals surface area contributed by atoms with Crippen LogP contribution in [-0.4, -0.2) is 252 Å². The number of rotatable bonds is 14. The maximum Gasteiger partial charge on any atom is 0.358 e. The average molecular weight is 1580 g/mol. The molecule has 2 fully saturated rings. The number of aliphatic hydroxyl groups excluding tert-OH is 1. The predicted octanol–water partition coefficient (Wildman–Crippen LogP) is 2.58. The summed E-state index contributed by atoms with van der Waals surface area (Å²) in [5.41, 5.74) is 3.04. The number of hydrogen-bond acceptors (Lipinski definition) is 33. The summed E-state index contributed by atoms with van der Waals surface area (Å²) in [5, 5.41) is 71.6. The van der Waals surface area contributed by atoms with Crippen molar-refractivity contribution in [3.63, 3.8) is 0 Å². The fourth-order valence-corrected chi connectivity index (χ4v) is 17.7. The van der Waals surface area contributed by atoms with E-state index in [-0.39, 0.29) is 111 Å². The summed E-state index contributed by atoms with van der Waals surface area (Å²) in [6, 6.07) is -0.467. The number of ether oxygens (including phenoxy) is 6. The van der Waals surface area contributed by atoms with E-state index in [2.05, 4.69) is 63.7 Å². The molecule has 12 bridgehead atoms. The van der Waals surface area contributed by atoms with Gasteiger partial charge in [0.1, 0.15) is 126 Å². The van der Waals surface area contributed by atoms with Crippen molar-refractivity contribution in [1.82, 2.24) is 81.2 Å². The van der Waals surface area contributed by atoms with E-state index in [0.29, 0.717) is 23.4 Å². The highest BCUT2D eigenvalue weighted by Gasteiger charge is 2.50. The first kappa shape index (κ1) is 76.8. The molecule has 1 unspecified atom stereocenters. The first-order chi connectivity index (χ1) is 51.6. The third-order valence-electron chi connectivity index (χ3n) is 19.0. The van der Waals surface area contributed by atoms with Crippen LogP contribution in [0.4, 0.5) is 0 Å². The molecule has 8 aromatic rings. The maximum absolute atomic E-state index is 15.2. The lowest BCUT2D eigenvalue weighted by molar-refractivity contribution is -0.280. The largest absolute Gasteiger partial charge is 0.506 e. The van der Waals surface area contributed by atoms with Crippen LogP contribution < -0.4 is 37.6 Å². The van der Waals surface area contributed by atoms with E-state index >= 15 is 19.2 Å². The SMILES string of the molecule is CO/C(C)=C1/NC(=O)[C@H]([C@@H](C)O)NC(=O)c2csc(n2)-c2cc(O)c(-c3nc(C(=O)NC(CNCCN4CCN(C)CC4)C(N)=O)cs3)nc2-c2csc(n2)[C@@H]2COC(=O)c3c4c5c(cccc5n3O)COC(=O)[C@@H](O[C@H]3C[C@](C)(O)[C@H](N(C)C)[C@H](C)O3)[C@@H](OC4)[C@H](NC(=O)c3csc1n3)c1nc(cs1)C(=O)N2. The minimum absolute atomic E-state index is 0.0125. The fraction of sp³-hybridized carbons (Fsp3) is 0.441. The molecule has 6 amide bonds. The van der Waals surface area contributed by atoms with Gasteiger partial charge in [-0.2, -0.15) is 4.73 Å². The van der Waals surface area contributed by atoms with Gasteiger partial charge >= 0.3 is 11.9 Å². The molecular weight excluding hydrogens is 1500 g/mol. The number of nitrogens with zero attached hydrogens (tertiary/aromatic N) is 10. The lowest BCUT2D eigenvalue weighted by Gasteiger charge is -2.48. The molecule has 5 aliphatic heterocycles. The van der Waals surface area contributed by atoms with Crippen LogP contribution >= 0.6 is 56.7 Å². The van der Waals surface area contributed by atoms with Gasteiger partial charge in [-0.15, -0.1) is 56.7 Å². The van der Waals surface area contributed by atoms with Crippen molar-refractivity contribution in [3.8, 4) is 38.4 Å². The quantitative estimate of drug-likeness (QED) is 0.0322. The Balaban J connectivity index is 0.929. The number of nitrogens with two attached hydrogens (primary N) is 1. The zero-order chi connectivity index (χ0) is 76.7. The Morgan fingerprint density at radius 2 is 1.52 bits per heavy atom. The lowest BCUT2D eigenvalue weighted by atomic mass is 9.85. The van der Waals surface area contributed by atoms with Gasteiger partial charge in [0.2, 0.25) is 11.8 Å². The number of carbonyl (C=O) groups excluding carboxylic acids is 8. The third kappa shape index (κ3) is 16.0. The van der Waals surface area contributed by atoms with Crippen LogP contribution in [0.25, 0.3) is 49.3 Å². The van der Waals surface area contributed by atoms with E-state index in [1.807, 2.05) is 0 Å². The molecule has 108 heavy (non-hydrogen) atoms. The molecule has 7 aromatic heterocycles. The van der Waals surface area contributed by atoms with Gasteiger partial charge in [0, 0.05) is 95.6 Å². The number of likely N-dealkylation sites (N-methyl/N-ethyl adjacent to an activating group) is 2. The Morgan fingerprint density at radius 1 is 0.843 bits per heavy atom. The number of piperazine rings is 1. The van der Waals surface area contributed by atoms with E-state index in [9.17, 15) is 39.7 Å². The Bertz CT molecular complexity index is 4830. The molecule has 40 heteroatoms. The highest BCUT2D eigenvalue weighted by Crippen LogP contribution is 2.43. The number of amides is 6. The van der Waals surface area contributed by atoms with Gasteiger partial charge in [0.05, 0.1) is 43.1 Å². The molecule has 1 aromatic carbocycles. The number of primary amides is 1. The number of allylic oxidation sites excluding steroid dienone is 1. The minimum Gasteiger partial charge on any atom is -0.506 e. The predicted molar refractivity (Wildman–Crippen MR) is 392 cm³/mol. The van der Waals surface area contributed by atoms with Crippen molar-refractivity contribution >= 4 is 121 Å². The molecular formula is C68H77N17O18S5. The van der Waals surface area contributed by atoms with Crippen molar-refractivity contribution in [2.45, 2.75) is 114 Å². The molecule has 35 nitrogen and oxygen atoms in total. The van der Waals surface area contributed by atoms with Crippen LogP contribution in [0, 0.1) is 0 Å². The van der Waals surface area contributed by atoms with Crippen molar-refractivity contribution in [2.24, 2.45) is 5.73 Å². The summed E-state index contributed by atoms with van der Waals surface area (Å²) in [6.07, 6.45) is -7.57. The van der Waals surface area contributed by atoms with Gasteiger partial charge in [0.15, 0.2) is 18.1 Å².